The Labute approximate surface area is 206 Å². The minimum absolute atomic E-state index is 0.00502. The van der Waals surface area contributed by atoms with Crippen LogP contribution in [-0.2, 0) is 0 Å². The third kappa shape index (κ3) is 4.55. The van der Waals surface area contributed by atoms with E-state index in [9.17, 15) is 4.39 Å². The van der Waals surface area contributed by atoms with E-state index in [1.165, 1.54) is 17.7 Å². The van der Waals surface area contributed by atoms with Crippen molar-refractivity contribution < 1.29 is 4.39 Å². The van der Waals surface area contributed by atoms with Gasteiger partial charge in [-0.2, -0.15) is 5.10 Å². The van der Waals surface area contributed by atoms with Gasteiger partial charge in [0.2, 0.25) is 0 Å². The number of rotatable bonds is 6. The molecule has 0 spiro atoms. The van der Waals surface area contributed by atoms with Crippen molar-refractivity contribution >= 4 is 29.1 Å². The zero-order valence-electron chi connectivity index (χ0n) is 20.2. The van der Waals surface area contributed by atoms with E-state index in [0.29, 0.717) is 11.0 Å². The summed E-state index contributed by atoms with van der Waals surface area (Å²) in [4.78, 5) is 1.99. The first-order chi connectivity index (χ1) is 16.3. The van der Waals surface area contributed by atoms with Gasteiger partial charge in [-0.05, 0) is 87.0 Å². The van der Waals surface area contributed by atoms with Gasteiger partial charge in [0.25, 0.3) is 0 Å². The number of benzene rings is 2. The number of nitrogens with one attached hydrogen (secondary N) is 1. The van der Waals surface area contributed by atoms with Gasteiger partial charge < -0.3 is 5.32 Å². The second kappa shape index (κ2) is 9.94. The van der Waals surface area contributed by atoms with Crippen LogP contribution in [0.25, 0.3) is 11.8 Å². The highest BCUT2D eigenvalue weighted by Crippen LogP contribution is 2.34. The fourth-order valence-corrected chi connectivity index (χ4v) is 4.92. The summed E-state index contributed by atoms with van der Waals surface area (Å²) in [5.41, 5.74) is 7.10. The minimum atomic E-state index is -0.257. The van der Waals surface area contributed by atoms with E-state index in [1.807, 2.05) is 15.8 Å². The zero-order chi connectivity index (χ0) is 24.4. The van der Waals surface area contributed by atoms with Crippen LogP contribution in [0.1, 0.15) is 56.4 Å². The molecule has 176 valence electrons. The van der Waals surface area contributed by atoms with Crippen LogP contribution in [0.5, 0.6) is 0 Å². The molecular formula is C28H31FN4S. The maximum atomic E-state index is 13.6. The molecule has 6 heteroatoms. The molecule has 2 aromatic carbocycles. The molecule has 1 saturated heterocycles. The highest BCUT2D eigenvalue weighted by atomic mass is 32.1. The number of nitrogens with zero attached hydrogens (tertiary/aromatic N) is 3. The second-order valence-electron chi connectivity index (χ2n) is 8.78. The Morgan fingerprint density at radius 1 is 1.09 bits per heavy atom. The second-order valence-corrected chi connectivity index (χ2v) is 9.16. The van der Waals surface area contributed by atoms with Crippen molar-refractivity contribution in [1.82, 2.24) is 15.1 Å². The zero-order valence-corrected chi connectivity index (χ0v) is 21.0. The SMILES string of the molecule is C=C1/C(=C/c2cnn(-c3ccc(F)cc3)c2C(CC)CC)C(C)NC(=S)N1c1ccc(C)cc1. The fourth-order valence-electron chi connectivity index (χ4n) is 4.53. The Bertz CT molecular complexity index is 1220. The van der Waals surface area contributed by atoms with Crippen LogP contribution in [0.15, 0.2) is 72.6 Å². The van der Waals surface area contributed by atoms with Gasteiger partial charge in [-0.3, -0.25) is 4.90 Å². The molecule has 1 unspecified atom stereocenters. The summed E-state index contributed by atoms with van der Waals surface area (Å²) >= 11 is 5.68. The molecule has 4 rings (SSSR count). The maximum Gasteiger partial charge on any atom is 0.178 e. The van der Waals surface area contributed by atoms with Gasteiger partial charge in [0.05, 0.1) is 23.6 Å². The normalized spacial score (nSPS) is 17.5. The summed E-state index contributed by atoms with van der Waals surface area (Å²) in [7, 11) is 0. The average Bonchev–Trinajstić information content (AvgIpc) is 3.22. The molecule has 2 heterocycles. The van der Waals surface area contributed by atoms with Crippen molar-refractivity contribution in [2.75, 3.05) is 4.90 Å². The third-order valence-corrected chi connectivity index (χ3v) is 6.80. The van der Waals surface area contributed by atoms with E-state index in [4.69, 9.17) is 17.3 Å². The predicted octanol–water partition coefficient (Wildman–Crippen LogP) is 6.90. The van der Waals surface area contributed by atoms with Crippen LogP contribution in [-0.4, -0.2) is 20.9 Å². The quantitative estimate of drug-likeness (QED) is 0.394. The maximum absolute atomic E-state index is 13.6. The third-order valence-electron chi connectivity index (χ3n) is 6.50. The Morgan fingerprint density at radius 2 is 1.71 bits per heavy atom. The van der Waals surface area contributed by atoms with Crippen molar-refractivity contribution in [1.29, 1.82) is 0 Å². The summed E-state index contributed by atoms with van der Waals surface area (Å²) in [6, 6.07) is 14.8. The number of anilines is 1. The fraction of sp³-hybridized carbons (Fsp3) is 0.286. The van der Waals surface area contributed by atoms with E-state index < -0.39 is 0 Å². The van der Waals surface area contributed by atoms with Gasteiger partial charge in [-0.1, -0.05) is 38.1 Å². The van der Waals surface area contributed by atoms with Crippen molar-refractivity contribution in [2.24, 2.45) is 0 Å². The van der Waals surface area contributed by atoms with Gasteiger partial charge >= 0.3 is 0 Å². The summed E-state index contributed by atoms with van der Waals surface area (Å²) in [6.45, 7) is 13.0. The highest BCUT2D eigenvalue weighted by Gasteiger charge is 2.29. The molecule has 0 bridgehead atoms. The number of thiocarbonyl (C=S) groups is 1. The van der Waals surface area contributed by atoms with Crippen LogP contribution in [0, 0.1) is 12.7 Å². The Balaban J connectivity index is 1.80. The topological polar surface area (TPSA) is 33.1 Å². The molecule has 34 heavy (non-hydrogen) atoms. The molecule has 0 radical (unpaired) electrons. The lowest BCUT2D eigenvalue weighted by Gasteiger charge is -2.38. The molecule has 0 amide bonds. The number of hydrogen-bond donors (Lipinski definition) is 1. The molecule has 3 aromatic rings. The van der Waals surface area contributed by atoms with Gasteiger partial charge in [-0.25, -0.2) is 9.07 Å². The molecule has 1 N–H and O–H groups in total. The van der Waals surface area contributed by atoms with E-state index in [-0.39, 0.29) is 11.9 Å². The van der Waals surface area contributed by atoms with Crippen LogP contribution in [0.2, 0.25) is 0 Å². The number of aromatic nitrogens is 2. The predicted molar refractivity (Wildman–Crippen MR) is 143 cm³/mol. The van der Waals surface area contributed by atoms with Crippen molar-refractivity contribution in [3.05, 3.63) is 95.2 Å². The van der Waals surface area contributed by atoms with Crippen molar-refractivity contribution in [3.8, 4) is 5.69 Å². The molecule has 0 saturated carbocycles. The number of hydrogen-bond acceptors (Lipinski definition) is 2. The Morgan fingerprint density at radius 3 is 2.32 bits per heavy atom. The molecular weight excluding hydrogens is 443 g/mol. The summed E-state index contributed by atoms with van der Waals surface area (Å²) in [5, 5.41) is 8.77. The summed E-state index contributed by atoms with van der Waals surface area (Å²) in [6.07, 6.45) is 6.03. The summed E-state index contributed by atoms with van der Waals surface area (Å²) in [5.74, 6) is 0.0571. The van der Waals surface area contributed by atoms with Crippen LogP contribution < -0.4 is 10.2 Å². The lowest BCUT2D eigenvalue weighted by atomic mass is 9.93. The number of halogens is 1. The Kier molecular flexibility index (Phi) is 6.98. The van der Waals surface area contributed by atoms with Crippen LogP contribution in [0.3, 0.4) is 0 Å². The van der Waals surface area contributed by atoms with E-state index in [2.05, 4.69) is 69.9 Å². The highest BCUT2D eigenvalue weighted by molar-refractivity contribution is 7.80. The standard InChI is InChI=1S/C28H31FN4S/c1-6-21(7-2)27-22(17-30-33(27)25-14-10-23(29)11-15-25)16-26-19(4)31-28(34)32(20(26)5)24-12-8-18(3)9-13-24/h8-17,19,21H,5-7H2,1-4H3,(H,31,34)/b26-16+. The van der Waals surface area contributed by atoms with Crippen LogP contribution in [0.4, 0.5) is 10.1 Å². The first kappa shape index (κ1) is 23.9. The summed E-state index contributed by atoms with van der Waals surface area (Å²) < 4.78 is 15.5. The average molecular weight is 475 g/mol. The molecule has 1 fully saturated rings. The van der Waals surface area contributed by atoms with Crippen molar-refractivity contribution in [3.63, 3.8) is 0 Å². The first-order valence-electron chi connectivity index (χ1n) is 11.8. The van der Waals surface area contributed by atoms with Gasteiger partial charge in [-0.15, -0.1) is 0 Å². The number of aryl methyl sites for hydroxylation is 1. The largest absolute Gasteiger partial charge is 0.355 e. The van der Waals surface area contributed by atoms with Gasteiger partial charge in [0, 0.05) is 22.9 Å². The molecule has 1 aliphatic rings. The van der Waals surface area contributed by atoms with E-state index in [1.54, 1.807) is 12.1 Å². The van der Waals surface area contributed by atoms with E-state index in [0.717, 1.165) is 46.7 Å². The monoisotopic (exact) mass is 474 g/mol. The lowest BCUT2D eigenvalue weighted by Crippen LogP contribution is -2.50. The molecule has 4 nitrogen and oxygen atoms in total. The lowest BCUT2D eigenvalue weighted by molar-refractivity contribution is 0.594. The smallest absolute Gasteiger partial charge is 0.178 e. The molecule has 1 aliphatic heterocycles. The van der Waals surface area contributed by atoms with Crippen LogP contribution >= 0.6 is 12.2 Å². The Hall–Kier alpha value is -3.25. The van der Waals surface area contributed by atoms with Gasteiger partial charge in [0.1, 0.15) is 5.82 Å². The van der Waals surface area contributed by atoms with Crippen molar-refractivity contribution in [2.45, 2.75) is 52.5 Å². The van der Waals surface area contributed by atoms with E-state index >= 15 is 0 Å². The molecule has 0 aliphatic carbocycles. The first-order valence-corrected chi connectivity index (χ1v) is 12.2. The molecule has 1 atom stereocenters. The van der Waals surface area contributed by atoms with Gasteiger partial charge in [0.15, 0.2) is 5.11 Å². The minimum Gasteiger partial charge on any atom is -0.355 e. The molecule has 1 aromatic heterocycles.